The summed E-state index contributed by atoms with van der Waals surface area (Å²) in [5, 5.41) is 24.6. The molecule has 0 radical (unpaired) electrons. The van der Waals surface area contributed by atoms with E-state index in [2.05, 4.69) is 10.6 Å². The highest BCUT2D eigenvalue weighted by atomic mass is 32.2. The van der Waals surface area contributed by atoms with Crippen LogP contribution in [0.25, 0.3) is 0 Å². The van der Waals surface area contributed by atoms with Gasteiger partial charge in [0.2, 0.25) is 29.5 Å². The maximum absolute atomic E-state index is 12.7. The summed E-state index contributed by atoms with van der Waals surface area (Å²) in [6, 6.07) is -5.47. The highest BCUT2D eigenvalue weighted by Crippen LogP contribution is 2.05. The number of carbonyl (C=O) groups is 6. The first-order chi connectivity index (χ1) is 14.9. The summed E-state index contributed by atoms with van der Waals surface area (Å²) in [7, 11) is 0. The van der Waals surface area contributed by atoms with Gasteiger partial charge in [0.25, 0.3) is 0 Å². The zero-order valence-electron chi connectivity index (χ0n) is 17.5. The number of aliphatic hydroxyl groups is 1. The molecule has 0 saturated heterocycles. The van der Waals surface area contributed by atoms with Gasteiger partial charge in [0.05, 0.1) is 19.1 Å². The van der Waals surface area contributed by atoms with Gasteiger partial charge in [-0.2, -0.15) is 11.8 Å². The molecule has 0 saturated carbocycles. The van der Waals surface area contributed by atoms with Crippen molar-refractivity contribution in [2.24, 2.45) is 17.2 Å². The van der Waals surface area contributed by atoms with Crippen LogP contribution in [0, 0.1) is 0 Å². The van der Waals surface area contributed by atoms with Crippen LogP contribution in [0.5, 0.6) is 0 Å². The van der Waals surface area contributed by atoms with Crippen LogP contribution in [-0.4, -0.2) is 88.5 Å². The minimum absolute atomic E-state index is 0.0392. The summed E-state index contributed by atoms with van der Waals surface area (Å²) >= 11 is 1.38. The molecule has 4 unspecified atom stereocenters. The molecular formula is C17H30N6O8S. The Morgan fingerprint density at radius 1 is 0.844 bits per heavy atom. The smallest absolute Gasteiger partial charge is 0.328 e. The monoisotopic (exact) mass is 478 g/mol. The molecular weight excluding hydrogens is 448 g/mol. The highest BCUT2D eigenvalue weighted by Gasteiger charge is 2.31. The molecule has 0 aromatic rings. The number of carboxylic acids is 1. The van der Waals surface area contributed by atoms with Crippen molar-refractivity contribution in [2.45, 2.75) is 49.9 Å². The Morgan fingerprint density at radius 2 is 1.38 bits per heavy atom. The lowest BCUT2D eigenvalue weighted by Crippen LogP contribution is -2.58. The van der Waals surface area contributed by atoms with Gasteiger partial charge in [-0.3, -0.25) is 24.0 Å². The van der Waals surface area contributed by atoms with Crippen LogP contribution in [-0.2, 0) is 28.8 Å². The molecule has 182 valence electrons. The lowest BCUT2D eigenvalue weighted by molar-refractivity contribution is -0.143. The van der Waals surface area contributed by atoms with Crippen molar-refractivity contribution in [3.05, 3.63) is 0 Å². The predicted molar refractivity (Wildman–Crippen MR) is 114 cm³/mol. The molecule has 15 heteroatoms. The maximum atomic E-state index is 12.7. The lowest BCUT2D eigenvalue weighted by atomic mass is 10.1. The molecule has 11 N–H and O–H groups in total. The number of hydrogen-bond donors (Lipinski definition) is 8. The number of amides is 5. The summed E-state index contributed by atoms with van der Waals surface area (Å²) in [5.41, 5.74) is 15.8. The van der Waals surface area contributed by atoms with Gasteiger partial charge in [0.1, 0.15) is 18.1 Å². The normalized spacial score (nSPS) is 14.3. The van der Waals surface area contributed by atoms with Crippen molar-refractivity contribution >= 4 is 47.3 Å². The van der Waals surface area contributed by atoms with Crippen LogP contribution in [0.15, 0.2) is 0 Å². The first-order valence-corrected chi connectivity index (χ1v) is 10.9. The number of rotatable bonds is 16. The second-order valence-electron chi connectivity index (χ2n) is 6.77. The molecule has 0 rings (SSSR count). The maximum Gasteiger partial charge on any atom is 0.328 e. The Bertz CT molecular complexity index is 707. The van der Waals surface area contributed by atoms with Crippen molar-refractivity contribution < 1.29 is 39.0 Å². The fourth-order valence-corrected chi connectivity index (χ4v) is 2.82. The summed E-state index contributed by atoms with van der Waals surface area (Å²) in [6.07, 6.45) is 1.08. The van der Waals surface area contributed by atoms with Crippen molar-refractivity contribution in [2.75, 3.05) is 18.6 Å². The molecule has 0 aromatic carbocycles. The summed E-state index contributed by atoms with van der Waals surface area (Å²) in [4.78, 5) is 70.5. The fraction of sp³-hybridized carbons (Fsp3) is 0.647. The fourth-order valence-electron chi connectivity index (χ4n) is 2.35. The molecule has 14 nitrogen and oxygen atoms in total. The van der Waals surface area contributed by atoms with Crippen molar-refractivity contribution in [1.82, 2.24) is 16.0 Å². The van der Waals surface area contributed by atoms with Gasteiger partial charge < -0.3 is 43.4 Å². The van der Waals surface area contributed by atoms with E-state index in [1.54, 1.807) is 6.26 Å². The van der Waals surface area contributed by atoms with Crippen LogP contribution in [0.1, 0.15) is 25.7 Å². The molecule has 0 fully saturated rings. The number of carbonyl (C=O) groups excluding carboxylic acids is 5. The molecule has 0 heterocycles. The average molecular weight is 479 g/mol. The van der Waals surface area contributed by atoms with Crippen LogP contribution in [0.2, 0.25) is 0 Å². The van der Waals surface area contributed by atoms with Crippen LogP contribution >= 0.6 is 11.8 Å². The van der Waals surface area contributed by atoms with E-state index in [4.69, 9.17) is 27.4 Å². The van der Waals surface area contributed by atoms with Crippen molar-refractivity contribution in [1.29, 1.82) is 0 Å². The van der Waals surface area contributed by atoms with Gasteiger partial charge >= 0.3 is 5.97 Å². The average Bonchev–Trinajstić information content (AvgIpc) is 2.71. The number of nitrogens with two attached hydrogens (primary N) is 3. The largest absolute Gasteiger partial charge is 0.480 e. The highest BCUT2D eigenvalue weighted by molar-refractivity contribution is 7.98. The van der Waals surface area contributed by atoms with E-state index in [0.717, 1.165) is 0 Å². The Morgan fingerprint density at radius 3 is 1.84 bits per heavy atom. The Hall–Kier alpha value is -2.91. The minimum atomic E-state index is -1.66. The van der Waals surface area contributed by atoms with Gasteiger partial charge in [0, 0.05) is 6.42 Å². The van der Waals surface area contributed by atoms with Gasteiger partial charge in [-0.15, -0.1) is 0 Å². The van der Waals surface area contributed by atoms with E-state index in [1.807, 2.05) is 5.32 Å². The molecule has 0 aliphatic heterocycles. The SMILES string of the molecule is CSCCC(NC(=O)C(N)CCC(N)=O)C(=O)NC(CC(N)=O)C(=O)NC(CO)C(=O)O. The third kappa shape index (κ3) is 11.5. The molecule has 0 aliphatic carbocycles. The van der Waals surface area contributed by atoms with E-state index < -0.39 is 72.7 Å². The molecule has 0 spiro atoms. The molecule has 4 atom stereocenters. The van der Waals surface area contributed by atoms with Gasteiger partial charge in [-0.05, 0) is 24.9 Å². The first-order valence-electron chi connectivity index (χ1n) is 9.48. The van der Waals surface area contributed by atoms with Crippen molar-refractivity contribution in [3.8, 4) is 0 Å². The number of thioether (sulfide) groups is 1. The van der Waals surface area contributed by atoms with E-state index in [1.165, 1.54) is 11.8 Å². The van der Waals surface area contributed by atoms with Crippen LogP contribution in [0.4, 0.5) is 0 Å². The first kappa shape index (κ1) is 29.1. The lowest BCUT2D eigenvalue weighted by Gasteiger charge is -2.24. The van der Waals surface area contributed by atoms with Gasteiger partial charge in [-0.25, -0.2) is 4.79 Å². The number of hydrogen-bond acceptors (Lipinski definition) is 9. The Balaban J connectivity index is 5.36. The topological polar surface area (TPSA) is 257 Å². The van der Waals surface area contributed by atoms with E-state index in [9.17, 15) is 28.8 Å². The van der Waals surface area contributed by atoms with Crippen molar-refractivity contribution in [3.63, 3.8) is 0 Å². The molecule has 32 heavy (non-hydrogen) atoms. The summed E-state index contributed by atoms with van der Waals surface area (Å²) in [5.74, 6) is -5.33. The molecule has 0 aliphatic rings. The number of aliphatic carboxylic acids is 1. The third-order valence-electron chi connectivity index (χ3n) is 4.12. The number of nitrogens with one attached hydrogen (secondary N) is 3. The minimum Gasteiger partial charge on any atom is -0.480 e. The Labute approximate surface area is 188 Å². The van der Waals surface area contributed by atoms with E-state index in [0.29, 0.717) is 5.75 Å². The Kier molecular flexibility index (Phi) is 13.6. The summed E-state index contributed by atoms with van der Waals surface area (Å²) < 4.78 is 0. The molecule has 0 aromatic heterocycles. The second kappa shape index (κ2) is 15.0. The number of carboxylic acid groups (broad SMARTS) is 1. The van der Waals surface area contributed by atoms with E-state index in [-0.39, 0.29) is 19.3 Å². The number of primary amides is 2. The summed E-state index contributed by atoms with van der Waals surface area (Å²) in [6.45, 7) is -0.923. The second-order valence-corrected chi connectivity index (χ2v) is 7.75. The quantitative estimate of drug-likeness (QED) is 0.106. The zero-order valence-corrected chi connectivity index (χ0v) is 18.4. The van der Waals surface area contributed by atoms with Crippen LogP contribution in [0.3, 0.4) is 0 Å². The van der Waals surface area contributed by atoms with E-state index >= 15 is 0 Å². The molecule has 0 bridgehead atoms. The van der Waals surface area contributed by atoms with Crippen LogP contribution < -0.4 is 33.2 Å². The third-order valence-corrected chi connectivity index (χ3v) is 4.76. The molecule has 5 amide bonds. The zero-order chi connectivity index (χ0) is 24.8. The van der Waals surface area contributed by atoms with Gasteiger partial charge in [0.15, 0.2) is 0 Å². The predicted octanol–water partition coefficient (Wildman–Crippen LogP) is -4.26. The van der Waals surface area contributed by atoms with Gasteiger partial charge in [-0.1, -0.05) is 0 Å². The standard InChI is InChI=1S/C17H30N6O8S/c1-32-5-4-9(21-14(27)8(18)2-3-12(19)25)15(28)22-10(6-13(20)26)16(29)23-11(7-24)17(30)31/h8-11,24H,2-7,18H2,1H3,(H2,19,25)(H2,20,26)(H,21,27)(H,22,28)(H,23,29)(H,30,31). The number of aliphatic hydroxyl groups excluding tert-OH is 1.